The van der Waals surface area contributed by atoms with Crippen molar-refractivity contribution in [2.45, 2.75) is 19.0 Å². The highest BCUT2D eigenvalue weighted by molar-refractivity contribution is 7.98. The van der Waals surface area contributed by atoms with Crippen LogP contribution in [0.4, 0.5) is 0 Å². The average Bonchev–Trinajstić information content (AvgIpc) is 3.03. The van der Waals surface area contributed by atoms with Crippen LogP contribution in [-0.4, -0.2) is 40.7 Å². The summed E-state index contributed by atoms with van der Waals surface area (Å²) >= 11 is 1.48. The van der Waals surface area contributed by atoms with Gasteiger partial charge >= 0.3 is 0 Å². The van der Waals surface area contributed by atoms with Crippen molar-refractivity contribution in [3.63, 3.8) is 0 Å². The van der Waals surface area contributed by atoms with E-state index in [1.54, 1.807) is 6.20 Å². The van der Waals surface area contributed by atoms with Gasteiger partial charge in [-0.05, 0) is 18.4 Å². The van der Waals surface area contributed by atoms with Crippen LogP contribution in [0, 0.1) is 5.92 Å². The predicted octanol–water partition coefficient (Wildman–Crippen LogP) is 2.10. The van der Waals surface area contributed by atoms with Crippen molar-refractivity contribution in [1.29, 1.82) is 0 Å². The third kappa shape index (κ3) is 4.38. The molecule has 6 nitrogen and oxygen atoms in total. The molecule has 1 heterocycles. The number of carbonyl (C=O) groups is 2. The van der Waals surface area contributed by atoms with Gasteiger partial charge in [-0.25, -0.2) is 4.98 Å². The van der Waals surface area contributed by atoms with Crippen molar-refractivity contribution in [2.75, 3.05) is 19.3 Å². The minimum atomic E-state index is -0.217. The molecule has 2 N–H and O–H groups in total. The second kappa shape index (κ2) is 8.54. The van der Waals surface area contributed by atoms with Gasteiger partial charge in [-0.3, -0.25) is 14.2 Å². The Morgan fingerprint density at radius 3 is 2.46 bits per heavy atom. The van der Waals surface area contributed by atoms with E-state index in [1.807, 2.05) is 55.0 Å². The number of thioether (sulfide) groups is 1. The van der Waals surface area contributed by atoms with E-state index >= 15 is 0 Å². The molecule has 0 aliphatic heterocycles. The van der Waals surface area contributed by atoms with Crippen molar-refractivity contribution in [3.05, 3.63) is 42.2 Å². The van der Waals surface area contributed by atoms with E-state index in [0.717, 1.165) is 10.8 Å². The summed E-state index contributed by atoms with van der Waals surface area (Å²) in [6.45, 7) is 4.43. The summed E-state index contributed by atoms with van der Waals surface area (Å²) in [6.07, 6.45) is 3.49. The smallest absolute Gasteiger partial charge is 0.270 e. The lowest BCUT2D eigenvalue weighted by molar-refractivity contribution is -0.123. The number of para-hydroxylation sites is 1. The first-order chi connectivity index (χ1) is 11.5. The lowest BCUT2D eigenvalue weighted by Gasteiger charge is -2.12. The van der Waals surface area contributed by atoms with Gasteiger partial charge in [0.25, 0.3) is 5.91 Å². The molecule has 0 aliphatic rings. The fourth-order valence-electron chi connectivity index (χ4n) is 2.12. The number of rotatable bonds is 7. The van der Waals surface area contributed by atoms with Gasteiger partial charge in [-0.2, -0.15) is 0 Å². The van der Waals surface area contributed by atoms with Crippen molar-refractivity contribution in [3.8, 4) is 5.69 Å². The number of hydrogen-bond donors (Lipinski definition) is 2. The molecule has 0 radical (unpaired) electrons. The molecular formula is C17H22N4O2S. The van der Waals surface area contributed by atoms with E-state index in [4.69, 9.17) is 0 Å². The average molecular weight is 346 g/mol. The van der Waals surface area contributed by atoms with Crippen LogP contribution in [0.5, 0.6) is 0 Å². The summed E-state index contributed by atoms with van der Waals surface area (Å²) in [5.74, 6) is -0.307. The van der Waals surface area contributed by atoms with Crippen molar-refractivity contribution in [2.24, 2.45) is 5.92 Å². The highest BCUT2D eigenvalue weighted by atomic mass is 32.2. The van der Waals surface area contributed by atoms with Gasteiger partial charge in [0.1, 0.15) is 5.69 Å². The highest BCUT2D eigenvalue weighted by Crippen LogP contribution is 2.21. The van der Waals surface area contributed by atoms with Gasteiger partial charge in [0.2, 0.25) is 5.91 Å². The minimum Gasteiger partial charge on any atom is -0.354 e. The molecule has 0 bridgehead atoms. The fourth-order valence-corrected chi connectivity index (χ4v) is 2.67. The first kappa shape index (κ1) is 18.1. The maximum absolute atomic E-state index is 12.5. The van der Waals surface area contributed by atoms with Crippen molar-refractivity contribution >= 4 is 23.6 Å². The third-order valence-electron chi connectivity index (χ3n) is 3.39. The Bertz CT molecular complexity index is 698. The Kier molecular flexibility index (Phi) is 6.43. The van der Waals surface area contributed by atoms with E-state index in [0.29, 0.717) is 18.8 Å². The highest BCUT2D eigenvalue weighted by Gasteiger charge is 2.17. The van der Waals surface area contributed by atoms with Crippen LogP contribution >= 0.6 is 11.8 Å². The summed E-state index contributed by atoms with van der Waals surface area (Å²) in [6, 6.07) is 9.63. The number of hydrogen-bond acceptors (Lipinski definition) is 4. The van der Waals surface area contributed by atoms with Crippen LogP contribution in [-0.2, 0) is 4.79 Å². The van der Waals surface area contributed by atoms with Crippen LogP contribution in [0.1, 0.15) is 24.3 Å². The molecule has 0 aliphatic carbocycles. The summed E-state index contributed by atoms with van der Waals surface area (Å²) in [4.78, 5) is 28.3. The SMILES string of the molecule is CSc1ncc(C(=O)NCCNC(=O)C(C)C)n1-c1ccccc1. The summed E-state index contributed by atoms with van der Waals surface area (Å²) in [5.41, 5.74) is 1.36. The Morgan fingerprint density at radius 2 is 1.83 bits per heavy atom. The number of nitrogens with zero attached hydrogens (tertiary/aromatic N) is 2. The number of amides is 2. The normalized spacial score (nSPS) is 10.7. The van der Waals surface area contributed by atoms with Crippen molar-refractivity contribution < 1.29 is 9.59 Å². The number of benzene rings is 1. The van der Waals surface area contributed by atoms with Gasteiger partial charge in [-0.1, -0.05) is 43.8 Å². The molecule has 24 heavy (non-hydrogen) atoms. The van der Waals surface area contributed by atoms with Gasteiger partial charge < -0.3 is 10.6 Å². The molecule has 0 unspecified atom stereocenters. The van der Waals surface area contributed by atoms with Gasteiger partial charge in [-0.15, -0.1) is 0 Å². The van der Waals surface area contributed by atoms with Gasteiger partial charge in [0, 0.05) is 24.7 Å². The molecule has 0 saturated carbocycles. The van der Waals surface area contributed by atoms with Gasteiger partial charge in [0.15, 0.2) is 5.16 Å². The monoisotopic (exact) mass is 346 g/mol. The second-order valence-electron chi connectivity index (χ2n) is 5.50. The quantitative estimate of drug-likeness (QED) is 0.595. The maximum atomic E-state index is 12.5. The molecule has 7 heteroatoms. The molecule has 2 amide bonds. The number of nitrogens with one attached hydrogen (secondary N) is 2. The zero-order chi connectivity index (χ0) is 17.5. The number of imidazole rings is 1. The fraction of sp³-hybridized carbons (Fsp3) is 0.353. The molecule has 0 atom stereocenters. The molecule has 1 aromatic heterocycles. The predicted molar refractivity (Wildman–Crippen MR) is 95.5 cm³/mol. The molecular weight excluding hydrogens is 324 g/mol. The van der Waals surface area contributed by atoms with Gasteiger partial charge in [0.05, 0.1) is 6.20 Å². The largest absolute Gasteiger partial charge is 0.354 e. The Balaban J connectivity index is 2.05. The van der Waals surface area contributed by atoms with Crippen LogP contribution in [0.2, 0.25) is 0 Å². The zero-order valence-electron chi connectivity index (χ0n) is 14.1. The maximum Gasteiger partial charge on any atom is 0.270 e. The standard InChI is InChI=1S/C17H22N4O2S/c1-12(2)15(22)18-9-10-19-16(23)14-11-20-17(24-3)21(14)13-7-5-4-6-8-13/h4-8,11-12H,9-10H2,1-3H3,(H,18,22)(H,19,23). The lowest BCUT2D eigenvalue weighted by atomic mass is 10.2. The topological polar surface area (TPSA) is 76.0 Å². The van der Waals surface area contributed by atoms with E-state index in [2.05, 4.69) is 15.6 Å². The second-order valence-corrected chi connectivity index (χ2v) is 6.28. The van der Waals surface area contributed by atoms with Crippen LogP contribution in [0.15, 0.2) is 41.7 Å². The molecule has 2 rings (SSSR count). The van der Waals surface area contributed by atoms with Crippen molar-refractivity contribution in [1.82, 2.24) is 20.2 Å². The van der Waals surface area contributed by atoms with Crippen LogP contribution in [0.25, 0.3) is 5.69 Å². The van der Waals surface area contributed by atoms with E-state index in [-0.39, 0.29) is 17.7 Å². The molecule has 0 saturated heterocycles. The zero-order valence-corrected chi connectivity index (χ0v) is 14.9. The number of aromatic nitrogens is 2. The molecule has 1 aromatic carbocycles. The Morgan fingerprint density at radius 1 is 1.17 bits per heavy atom. The Labute approximate surface area is 146 Å². The summed E-state index contributed by atoms with van der Waals surface area (Å²) in [7, 11) is 0. The lowest BCUT2D eigenvalue weighted by Crippen LogP contribution is -2.36. The summed E-state index contributed by atoms with van der Waals surface area (Å²) < 4.78 is 1.83. The summed E-state index contributed by atoms with van der Waals surface area (Å²) in [5, 5.41) is 6.34. The minimum absolute atomic E-state index is 0.0248. The van der Waals surface area contributed by atoms with Crippen LogP contribution < -0.4 is 10.6 Å². The van der Waals surface area contributed by atoms with E-state index < -0.39 is 0 Å². The first-order valence-electron chi connectivity index (χ1n) is 7.77. The molecule has 0 spiro atoms. The third-order valence-corrected chi connectivity index (χ3v) is 4.05. The molecule has 2 aromatic rings. The van der Waals surface area contributed by atoms with E-state index in [1.165, 1.54) is 11.8 Å². The first-order valence-corrected chi connectivity index (χ1v) is 9.00. The van der Waals surface area contributed by atoms with E-state index in [9.17, 15) is 9.59 Å². The molecule has 128 valence electrons. The number of carbonyl (C=O) groups excluding carboxylic acids is 2. The molecule has 0 fully saturated rings. The van der Waals surface area contributed by atoms with Crippen LogP contribution in [0.3, 0.4) is 0 Å². The Hall–Kier alpha value is -2.28.